The fraction of sp³-hybridized carbons (Fsp3) is 0.692. The van der Waals surface area contributed by atoms with E-state index in [4.69, 9.17) is 0 Å². The first-order chi connectivity index (χ1) is 8.15. The summed E-state index contributed by atoms with van der Waals surface area (Å²) in [5.41, 5.74) is 0. The van der Waals surface area contributed by atoms with Gasteiger partial charge in [0.2, 0.25) is 0 Å². The normalized spacial score (nSPS) is 27.0. The summed E-state index contributed by atoms with van der Waals surface area (Å²) in [7, 11) is 0. The minimum Gasteiger partial charge on any atom is -0.393 e. The fourth-order valence-corrected chi connectivity index (χ4v) is 3.80. The topological polar surface area (TPSA) is 32.3 Å². The third-order valence-electron chi connectivity index (χ3n) is 3.55. The van der Waals surface area contributed by atoms with Gasteiger partial charge in [0.15, 0.2) is 0 Å². The Bertz CT molecular complexity index is 347. The standard InChI is InChI=1S/C13H20BrNOS/c1-9(12-6-7-13(14)17-12)15-8-10-2-4-11(16)5-3-10/h6-7,9-11,15-16H,2-5,8H2,1H3. The van der Waals surface area contributed by atoms with Gasteiger partial charge in [-0.1, -0.05) is 0 Å². The molecule has 2 rings (SSSR count). The molecule has 1 aliphatic carbocycles. The quantitative estimate of drug-likeness (QED) is 0.887. The van der Waals surface area contributed by atoms with Gasteiger partial charge in [-0.05, 0) is 73.1 Å². The van der Waals surface area contributed by atoms with Gasteiger partial charge in [0.25, 0.3) is 0 Å². The Kier molecular flexibility index (Phi) is 5.03. The molecule has 0 saturated heterocycles. The molecule has 0 spiro atoms. The summed E-state index contributed by atoms with van der Waals surface area (Å²) in [6, 6.07) is 4.71. The summed E-state index contributed by atoms with van der Waals surface area (Å²) in [5, 5.41) is 13.1. The zero-order valence-corrected chi connectivity index (χ0v) is 12.6. The van der Waals surface area contributed by atoms with E-state index in [1.54, 1.807) is 11.3 Å². The van der Waals surface area contributed by atoms with E-state index in [0.29, 0.717) is 6.04 Å². The van der Waals surface area contributed by atoms with Crippen LogP contribution < -0.4 is 5.32 Å². The molecule has 2 nitrogen and oxygen atoms in total. The molecule has 0 aromatic carbocycles. The van der Waals surface area contributed by atoms with Crippen LogP contribution in [-0.4, -0.2) is 17.8 Å². The zero-order chi connectivity index (χ0) is 12.3. The van der Waals surface area contributed by atoms with Gasteiger partial charge in [0.1, 0.15) is 0 Å². The van der Waals surface area contributed by atoms with Gasteiger partial charge in [0.05, 0.1) is 9.89 Å². The van der Waals surface area contributed by atoms with Gasteiger partial charge in [-0.3, -0.25) is 0 Å². The minimum atomic E-state index is -0.0445. The molecule has 1 fully saturated rings. The largest absolute Gasteiger partial charge is 0.393 e. The van der Waals surface area contributed by atoms with Crippen LogP contribution in [0.25, 0.3) is 0 Å². The third-order valence-corrected chi connectivity index (χ3v) is 5.36. The van der Waals surface area contributed by atoms with Crippen molar-refractivity contribution >= 4 is 27.3 Å². The van der Waals surface area contributed by atoms with Crippen LogP contribution in [0.4, 0.5) is 0 Å². The maximum Gasteiger partial charge on any atom is 0.0701 e. The van der Waals surface area contributed by atoms with Crippen LogP contribution in [0.15, 0.2) is 15.9 Å². The lowest BCUT2D eigenvalue weighted by molar-refractivity contribution is 0.108. The minimum absolute atomic E-state index is 0.0445. The number of nitrogens with one attached hydrogen (secondary N) is 1. The van der Waals surface area contributed by atoms with Gasteiger partial charge >= 0.3 is 0 Å². The SMILES string of the molecule is CC(NCC1CCC(O)CC1)c1ccc(Br)s1. The van der Waals surface area contributed by atoms with E-state index in [-0.39, 0.29) is 6.10 Å². The highest BCUT2D eigenvalue weighted by atomic mass is 79.9. The monoisotopic (exact) mass is 317 g/mol. The molecule has 1 aromatic heterocycles. The Hall–Kier alpha value is 0.1000. The van der Waals surface area contributed by atoms with Crippen molar-refractivity contribution in [3.05, 3.63) is 20.8 Å². The van der Waals surface area contributed by atoms with E-state index in [2.05, 4.69) is 40.3 Å². The molecule has 4 heteroatoms. The van der Waals surface area contributed by atoms with Gasteiger partial charge in [-0.15, -0.1) is 11.3 Å². The average Bonchev–Trinajstić information content (AvgIpc) is 2.75. The highest BCUT2D eigenvalue weighted by Gasteiger charge is 2.19. The second-order valence-electron chi connectivity index (χ2n) is 4.95. The molecule has 0 radical (unpaired) electrons. The molecule has 1 atom stereocenters. The molecule has 1 saturated carbocycles. The molecule has 1 aromatic rings. The van der Waals surface area contributed by atoms with Crippen molar-refractivity contribution in [2.24, 2.45) is 5.92 Å². The van der Waals surface area contributed by atoms with Crippen molar-refractivity contribution in [1.29, 1.82) is 0 Å². The second-order valence-corrected chi connectivity index (χ2v) is 7.44. The number of hydrogen-bond acceptors (Lipinski definition) is 3. The maximum absolute atomic E-state index is 9.46. The Labute approximate surface area is 116 Å². The number of aliphatic hydroxyl groups excluding tert-OH is 1. The van der Waals surface area contributed by atoms with Gasteiger partial charge in [0, 0.05) is 10.9 Å². The molecule has 2 N–H and O–H groups in total. The van der Waals surface area contributed by atoms with Gasteiger partial charge in [-0.25, -0.2) is 0 Å². The van der Waals surface area contributed by atoms with Crippen molar-refractivity contribution in [2.45, 2.75) is 44.8 Å². The summed E-state index contributed by atoms with van der Waals surface area (Å²) in [6.45, 7) is 3.29. The predicted molar refractivity (Wildman–Crippen MR) is 76.4 cm³/mol. The number of hydrogen-bond donors (Lipinski definition) is 2. The lowest BCUT2D eigenvalue weighted by atomic mass is 9.87. The van der Waals surface area contributed by atoms with E-state index in [9.17, 15) is 5.11 Å². The zero-order valence-electron chi connectivity index (χ0n) is 10.2. The van der Waals surface area contributed by atoms with Crippen LogP contribution in [-0.2, 0) is 0 Å². The van der Waals surface area contributed by atoms with Crippen molar-refractivity contribution < 1.29 is 5.11 Å². The lowest BCUT2D eigenvalue weighted by Gasteiger charge is -2.26. The van der Waals surface area contributed by atoms with E-state index in [1.165, 1.54) is 8.66 Å². The molecule has 1 aliphatic rings. The first kappa shape index (κ1) is 13.5. The van der Waals surface area contributed by atoms with Crippen molar-refractivity contribution in [1.82, 2.24) is 5.32 Å². The molecule has 96 valence electrons. The Morgan fingerprint density at radius 3 is 2.71 bits per heavy atom. The van der Waals surface area contributed by atoms with Crippen LogP contribution in [0, 0.1) is 5.92 Å². The number of aliphatic hydroxyl groups is 1. The Balaban J connectivity index is 1.74. The lowest BCUT2D eigenvalue weighted by Crippen LogP contribution is -2.29. The Morgan fingerprint density at radius 2 is 2.12 bits per heavy atom. The van der Waals surface area contributed by atoms with Gasteiger partial charge in [-0.2, -0.15) is 0 Å². The van der Waals surface area contributed by atoms with E-state index < -0.39 is 0 Å². The molecule has 0 amide bonds. The summed E-state index contributed by atoms with van der Waals surface area (Å²) >= 11 is 5.29. The second kappa shape index (κ2) is 6.32. The van der Waals surface area contributed by atoms with Crippen molar-refractivity contribution in [2.75, 3.05) is 6.54 Å². The summed E-state index contributed by atoms with van der Waals surface area (Å²) in [4.78, 5) is 1.38. The van der Waals surface area contributed by atoms with Crippen LogP contribution in [0.1, 0.15) is 43.5 Å². The molecule has 17 heavy (non-hydrogen) atoms. The highest BCUT2D eigenvalue weighted by Crippen LogP contribution is 2.28. The predicted octanol–water partition coefficient (Wildman–Crippen LogP) is 3.71. The molecular formula is C13H20BrNOS. The third kappa shape index (κ3) is 4.05. The first-order valence-electron chi connectivity index (χ1n) is 6.32. The van der Waals surface area contributed by atoms with E-state index in [1.807, 2.05) is 0 Å². The molecule has 1 heterocycles. The number of thiophene rings is 1. The molecule has 1 unspecified atom stereocenters. The maximum atomic E-state index is 9.46. The van der Waals surface area contributed by atoms with Gasteiger partial charge < -0.3 is 10.4 Å². The smallest absolute Gasteiger partial charge is 0.0701 e. The van der Waals surface area contributed by atoms with E-state index >= 15 is 0 Å². The Morgan fingerprint density at radius 1 is 1.41 bits per heavy atom. The fourth-order valence-electron chi connectivity index (χ4n) is 2.35. The average molecular weight is 318 g/mol. The first-order valence-corrected chi connectivity index (χ1v) is 7.93. The summed E-state index contributed by atoms with van der Waals surface area (Å²) in [6.07, 6.45) is 4.23. The number of rotatable bonds is 4. The van der Waals surface area contributed by atoms with Crippen LogP contribution in [0.5, 0.6) is 0 Å². The number of halogens is 1. The van der Waals surface area contributed by atoms with Crippen LogP contribution >= 0.6 is 27.3 Å². The summed E-state index contributed by atoms with van der Waals surface area (Å²) < 4.78 is 1.20. The summed E-state index contributed by atoms with van der Waals surface area (Å²) in [5.74, 6) is 0.740. The highest BCUT2D eigenvalue weighted by molar-refractivity contribution is 9.11. The van der Waals surface area contributed by atoms with E-state index in [0.717, 1.165) is 38.1 Å². The van der Waals surface area contributed by atoms with Crippen LogP contribution in [0.2, 0.25) is 0 Å². The van der Waals surface area contributed by atoms with Crippen molar-refractivity contribution in [3.8, 4) is 0 Å². The van der Waals surface area contributed by atoms with Crippen molar-refractivity contribution in [3.63, 3.8) is 0 Å². The molecule has 0 aliphatic heterocycles. The van der Waals surface area contributed by atoms with Crippen LogP contribution in [0.3, 0.4) is 0 Å². The molecular weight excluding hydrogens is 298 g/mol. The molecule has 0 bridgehead atoms.